The number of Topliss-reactive ketones (excluding diaryl/α,β-unsaturated/α-hetero) is 1. The normalized spacial score (nSPS) is 11.9. The van der Waals surface area contributed by atoms with Crippen LogP contribution in [0.3, 0.4) is 0 Å². The molecule has 0 aliphatic rings. The first-order chi connectivity index (χ1) is 19.4. The minimum Gasteiger partial charge on any atom is -0.493 e. The number of nitrogens with one attached hydrogen (secondary N) is 1. The summed E-state index contributed by atoms with van der Waals surface area (Å²) in [6.45, 7) is -2.12. The first-order valence-electron chi connectivity index (χ1n) is 13.7. The fourth-order valence-electron chi connectivity index (χ4n) is 4.01. The summed E-state index contributed by atoms with van der Waals surface area (Å²) in [4.78, 5) is 26.4. The molecule has 38 heavy (non-hydrogen) atoms. The van der Waals surface area contributed by atoms with Gasteiger partial charge in [0.15, 0.2) is 5.78 Å². The topological polar surface area (TPSA) is 95.5 Å². The molecule has 0 atom stereocenters. The van der Waals surface area contributed by atoms with Crippen molar-refractivity contribution in [3.63, 3.8) is 0 Å². The Labute approximate surface area is 225 Å². The van der Waals surface area contributed by atoms with Crippen LogP contribution in [0.4, 0.5) is 0 Å². The van der Waals surface area contributed by atoms with Gasteiger partial charge in [0.05, 0.1) is 15.5 Å². The molecule has 0 saturated heterocycles. The molecular weight excluding hydrogens is 478 g/mol. The maximum atomic E-state index is 13.9. The minimum atomic E-state index is -2.10. The van der Waals surface area contributed by atoms with Gasteiger partial charge in [0, 0.05) is 42.3 Å². The lowest BCUT2D eigenvalue weighted by Gasteiger charge is -2.24. The minimum absolute atomic E-state index is 0.00855. The number of aromatic amines is 1. The van der Waals surface area contributed by atoms with E-state index in [1.54, 1.807) is 48.8 Å². The Morgan fingerprint density at radius 1 is 0.921 bits per heavy atom. The van der Waals surface area contributed by atoms with Crippen molar-refractivity contribution >= 4 is 11.7 Å². The third kappa shape index (κ3) is 7.63. The molecule has 1 amide bonds. The molecule has 0 radical (unpaired) electrons. The van der Waals surface area contributed by atoms with Gasteiger partial charge in [0.1, 0.15) is 12.4 Å². The van der Waals surface area contributed by atoms with E-state index in [1.807, 2.05) is 42.5 Å². The predicted molar refractivity (Wildman–Crippen MR) is 147 cm³/mol. The highest BCUT2D eigenvalue weighted by atomic mass is 16.5. The zero-order valence-electron chi connectivity index (χ0n) is 23.2. The molecule has 3 aromatic carbocycles. The number of carbonyl (C=O) groups is 2. The van der Waals surface area contributed by atoms with Gasteiger partial charge >= 0.3 is 0 Å². The van der Waals surface area contributed by atoms with Gasteiger partial charge in [0.25, 0.3) is 5.91 Å². The third-order valence-electron chi connectivity index (χ3n) is 6.08. The number of rotatable bonds is 14. The quantitative estimate of drug-likeness (QED) is 0.220. The van der Waals surface area contributed by atoms with Crippen molar-refractivity contribution in [2.24, 2.45) is 0 Å². The number of aromatic nitrogens is 2. The molecule has 4 aromatic rings. The fourth-order valence-corrected chi connectivity index (χ4v) is 4.01. The molecule has 0 aliphatic carbocycles. The van der Waals surface area contributed by atoms with Gasteiger partial charge in [-0.2, -0.15) is 5.10 Å². The van der Waals surface area contributed by atoms with E-state index in [-0.39, 0.29) is 12.3 Å². The lowest BCUT2D eigenvalue weighted by Crippen LogP contribution is -2.30. The molecule has 7 heteroatoms. The summed E-state index contributed by atoms with van der Waals surface area (Å²) in [5, 5.41) is 15.6. The molecule has 0 spiro atoms. The summed E-state index contributed by atoms with van der Waals surface area (Å²) in [5.41, 5.74) is 3.20. The van der Waals surface area contributed by atoms with Crippen molar-refractivity contribution in [1.82, 2.24) is 15.1 Å². The Bertz CT molecular complexity index is 1380. The zero-order valence-corrected chi connectivity index (χ0v) is 21.2. The molecule has 0 bridgehead atoms. The van der Waals surface area contributed by atoms with Gasteiger partial charge in [-0.1, -0.05) is 60.7 Å². The molecule has 1 aromatic heterocycles. The Morgan fingerprint density at radius 3 is 2.42 bits per heavy atom. The number of unbranched alkanes of at least 4 members (excludes halogenated alkanes) is 2. The lowest BCUT2D eigenvalue weighted by atomic mass is 10.1. The molecule has 1 heterocycles. The van der Waals surface area contributed by atoms with Crippen molar-refractivity contribution in [3.05, 3.63) is 108 Å². The van der Waals surface area contributed by atoms with Crippen LogP contribution < -0.4 is 4.74 Å². The number of aliphatic hydroxyl groups excluding tert-OH is 1. The van der Waals surface area contributed by atoms with Crippen molar-refractivity contribution in [3.8, 4) is 16.9 Å². The summed E-state index contributed by atoms with van der Waals surface area (Å²) < 4.78 is 24.1. The predicted octanol–water partition coefficient (Wildman–Crippen LogP) is 5.42. The van der Waals surface area contributed by atoms with Gasteiger partial charge in [-0.05, 0) is 48.6 Å². The van der Waals surface area contributed by atoms with E-state index in [4.69, 9.17) is 12.6 Å². The molecule has 0 aliphatic heterocycles. The van der Waals surface area contributed by atoms with E-state index >= 15 is 0 Å². The van der Waals surface area contributed by atoms with Crippen molar-refractivity contribution in [2.75, 3.05) is 13.2 Å². The second kappa shape index (κ2) is 13.9. The van der Waals surface area contributed by atoms with E-state index < -0.39 is 19.0 Å². The van der Waals surface area contributed by atoms with Crippen LogP contribution in [0.15, 0.2) is 91.3 Å². The fraction of sp³-hybridized carbons (Fsp3) is 0.258. The van der Waals surface area contributed by atoms with E-state index in [2.05, 4.69) is 10.2 Å². The Hall–Kier alpha value is -4.23. The lowest BCUT2D eigenvalue weighted by molar-refractivity contribution is -0.121. The van der Waals surface area contributed by atoms with Crippen LogP contribution in [0, 0.1) is 0 Å². The van der Waals surface area contributed by atoms with E-state index in [9.17, 15) is 9.59 Å². The average Bonchev–Trinajstić information content (AvgIpc) is 3.53. The number of para-hydroxylation sites is 1. The average molecular weight is 514 g/mol. The Kier molecular flexibility index (Phi) is 8.83. The molecule has 4 rings (SSSR count). The van der Waals surface area contributed by atoms with Crippen LogP contribution in [0.2, 0.25) is 0 Å². The number of ketones is 1. The molecule has 7 nitrogen and oxygen atoms in total. The van der Waals surface area contributed by atoms with Crippen molar-refractivity contribution < 1.29 is 22.2 Å². The van der Waals surface area contributed by atoms with E-state index in [0.29, 0.717) is 41.9 Å². The highest BCUT2D eigenvalue weighted by Crippen LogP contribution is 2.24. The first kappa shape index (κ1) is 24.1. The molecule has 0 unspecified atom stereocenters. The van der Waals surface area contributed by atoms with Crippen LogP contribution in [-0.2, 0) is 17.8 Å². The van der Waals surface area contributed by atoms with Crippen LogP contribution in [0.5, 0.6) is 5.75 Å². The van der Waals surface area contributed by atoms with Gasteiger partial charge in [-0.3, -0.25) is 14.7 Å². The molecule has 0 saturated carbocycles. The van der Waals surface area contributed by atoms with E-state index in [1.165, 1.54) is 4.90 Å². The monoisotopic (exact) mass is 513 g/mol. The van der Waals surface area contributed by atoms with Gasteiger partial charge in [0.2, 0.25) is 0 Å². The number of amides is 1. The number of hydrogen-bond acceptors (Lipinski definition) is 5. The highest BCUT2D eigenvalue weighted by Gasteiger charge is 2.19. The van der Waals surface area contributed by atoms with Gasteiger partial charge in [-0.25, -0.2) is 0 Å². The van der Waals surface area contributed by atoms with Crippen LogP contribution in [0.1, 0.15) is 49.9 Å². The third-order valence-corrected chi connectivity index (χ3v) is 6.08. The second-order valence-corrected chi connectivity index (χ2v) is 8.90. The highest BCUT2D eigenvalue weighted by molar-refractivity contribution is 5.94. The number of H-pyrrole nitrogens is 1. The molecule has 0 fully saturated rings. The molecule has 2 N–H and O–H groups in total. The first-order valence-corrected chi connectivity index (χ1v) is 12.7. The van der Waals surface area contributed by atoms with Gasteiger partial charge < -0.3 is 14.7 Å². The summed E-state index contributed by atoms with van der Waals surface area (Å²) in [5.74, 6) is -0.0401. The summed E-state index contributed by atoms with van der Waals surface area (Å²) >= 11 is 0. The number of nitrogens with zero attached hydrogens (tertiary/aromatic N) is 2. The standard InChI is InChI=1S/C31H33N3O4/c35-23-29(36)12-5-2-8-18-38-30-13-7-6-11-27(30)22-34(21-24-9-3-1-4-10-24)31(37)26-16-14-25(15-17-26)28-19-32-33-20-28/h1,3-4,6-7,9-11,13-17,19-20,35H,2,5,8,12,18,21-23H2,(H,32,33)/i21D2. The van der Waals surface area contributed by atoms with Gasteiger partial charge in [-0.15, -0.1) is 0 Å². The number of ether oxygens (including phenoxy) is 1. The largest absolute Gasteiger partial charge is 0.493 e. The van der Waals surface area contributed by atoms with E-state index in [0.717, 1.165) is 24.0 Å². The summed E-state index contributed by atoms with van der Waals surface area (Å²) in [6.07, 6.45) is 6.00. The summed E-state index contributed by atoms with van der Waals surface area (Å²) in [6, 6.07) is 23.0. The van der Waals surface area contributed by atoms with Crippen molar-refractivity contribution in [2.45, 2.75) is 38.7 Å². The molecule has 196 valence electrons. The number of aliphatic hydroxyl groups is 1. The van der Waals surface area contributed by atoms with Crippen LogP contribution in [-0.4, -0.2) is 45.1 Å². The SMILES string of the molecule is [2H]C([2H])(c1ccccc1)N(Cc1ccccc1OCCCCCC(=O)CO)C(=O)c1ccc(-c2cn[nH]c2)cc1. The number of benzene rings is 3. The van der Waals surface area contributed by atoms with Crippen molar-refractivity contribution in [1.29, 1.82) is 0 Å². The Balaban J connectivity index is 1.54. The maximum absolute atomic E-state index is 13.9. The zero-order chi connectivity index (χ0) is 28.4. The van der Waals surface area contributed by atoms with Crippen LogP contribution >= 0.6 is 0 Å². The number of carbonyl (C=O) groups excluding carboxylic acids is 2. The second-order valence-electron chi connectivity index (χ2n) is 8.90. The number of hydrogen-bond donors (Lipinski definition) is 2. The molecular formula is C31H33N3O4. The smallest absolute Gasteiger partial charge is 0.254 e. The Morgan fingerprint density at radius 2 is 1.68 bits per heavy atom. The maximum Gasteiger partial charge on any atom is 0.254 e. The van der Waals surface area contributed by atoms with Crippen LogP contribution in [0.25, 0.3) is 11.1 Å². The summed E-state index contributed by atoms with van der Waals surface area (Å²) in [7, 11) is 0.